The third-order valence-corrected chi connectivity index (χ3v) is 5.63. The Labute approximate surface area is 193 Å². The lowest BCUT2D eigenvalue weighted by Gasteiger charge is -2.28. The number of rotatable bonds is 17. The van der Waals surface area contributed by atoms with Gasteiger partial charge in [-0.3, -0.25) is 13.8 Å². The first-order valence-corrected chi connectivity index (χ1v) is 12.7. The van der Waals surface area contributed by atoms with E-state index in [1.165, 1.54) is 0 Å². The van der Waals surface area contributed by atoms with Gasteiger partial charge in [0.25, 0.3) is 0 Å². The highest BCUT2D eigenvalue weighted by atomic mass is 31.2. The van der Waals surface area contributed by atoms with Crippen LogP contribution in [0.5, 0.6) is 0 Å². The Morgan fingerprint density at radius 1 is 1.12 bits per heavy atom. The van der Waals surface area contributed by atoms with Gasteiger partial charge in [0, 0.05) is 0 Å². The first kappa shape index (κ1) is 30.9. The molecule has 0 aromatic carbocycles. The van der Waals surface area contributed by atoms with E-state index in [9.17, 15) is 24.5 Å². The maximum absolute atomic E-state index is 12.6. The molecule has 32 heavy (non-hydrogen) atoms. The van der Waals surface area contributed by atoms with E-state index in [0.29, 0.717) is 11.0 Å². The van der Waals surface area contributed by atoms with Gasteiger partial charge in [-0.2, -0.15) is 0 Å². The molecule has 10 heteroatoms. The molecule has 0 saturated heterocycles. The fourth-order valence-corrected chi connectivity index (χ4v) is 3.28. The van der Waals surface area contributed by atoms with Crippen LogP contribution in [-0.2, 0) is 18.4 Å². The van der Waals surface area contributed by atoms with Crippen LogP contribution in [0.3, 0.4) is 0 Å². The molecule has 1 amide bonds. The number of phosphoric ester groups is 1. The molecule has 9 nitrogen and oxygen atoms in total. The number of hydrogen-bond acceptors (Lipinski definition) is 6. The van der Waals surface area contributed by atoms with Crippen LogP contribution < -0.4 is 5.32 Å². The largest absolute Gasteiger partial charge is 0.472 e. The van der Waals surface area contributed by atoms with Crippen LogP contribution in [-0.4, -0.2) is 84.6 Å². The Morgan fingerprint density at radius 2 is 1.78 bits per heavy atom. The lowest BCUT2D eigenvalue weighted by Crippen LogP contribution is -2.52. The number of nitrogens with one attached hydrogen (secondary N) is 1. The summed E-state index contributed by atoms with van der Waals surface area (Å²) in [5.74, 6) is -0.866. The number of allylic oxidation sites excluding steroid dienone is 2. The van der Waals surface area contributed by atoms with Crippen molar-refractivity contribution in [1.29, 1.82) is 0 Å². The van der Waals surface area contributed by atoms with E-state index in [1.54, 1.807) is 19.1 Å². The summed E-state index contributed by atoms with van der Waals surface area (Å²) >= 11 is 0. The molecule has 188 valence electrons. The maximum atomic E-state index is 12.6. The van der Waals surface area contributed by atoms with E-state index in [-0.39, 0.29) is 18.9 Å². The van der Waals surface area contributed by atoms with Gasteiger partial charge < -0.3 is 24.9 Å². The zero-order valence-electron chi connectivity index (χ0n) is 20.4. The number of hydrogen-bond donors (Lipinski definition) is 4. The second kappa shape index (κ2) is 15.7. The summed E-state index contributed by atoms with van der Waals surface area (Å²) in [5, 5.41) is 23.5. The Hall–Kier alpha value is -1.06. The second-order valence-electron chi connectivity index (χ2n) is 8.91. The molecule has 0 aromatic rings. The van der Waals surface area contributed by atoms with Crippen molar-refractivity contribution in [2.75, 3.05) is 40.9 Å². The molecule has 0 heterocycles. The lowest BCUT2D eigenvalue weighted by atomic mass is 10.0. The minimum atomic E-state index is -4.40. The van der Waals surface area contributed by atoms with Crippen molar-refractivity contribution >= 4 is 13.7 Å². The number of nitrogens with zero attached hydrogens (tertiary/aromatic N) is 1. The summed E-state index contributed by atoms with van der Waals surface area (Å²) in [6.45, 7) is 5.67. The Morgan fingerprint density at radius 3 is 2.34 bits per heavy atom. The summed E-state index contributed by atoms with van der Waals surface area (Å²) in [5.41, 5.74) is 0. The SMILES string of the molecule is CC/C=C/C[C@@H](O)[C@@H](O)[C@H](COP(=O)(O)OCC[N+](C)(C)C)NC(=O)C(C)/C=C\CCC. The standard InChI is InChI=1S/C22H43N2O7P/c1-7-9-11-13-18(3)22(27)23-19(21(26)20(25)14-12-10-8-2)17-31-32(28,29)30-16-15-24(4,5)6/h10-13,18-21,25-26H,7-9,14-17H2,1-6H3,(H-,23,27,28,29)/p+1/b12-10+,13-11-/t18?,19-,20+,21-/m0/s1. The summed E-state index contributed by atoms with van der Waals surface area (Å²) in [6, 6.07) is -1.10. The van der Waals surface area contributed by atoms with Crippen LogP contribution in [0.2, 0.25) is 0 Å². The second-order valence-corrected chi connectivity index (χ2v) is 10.4. The number of carbonyl (C=O) groups excluding carboxylic acids is 1. The molecule has 5 atom stereocenters. The van der Waals surface area contributed by atoms with E-state index in [4.69, 9.17) is 9.05 Å². The summed E-state index contributed by atoms with van der Waals surface area (Å²) < 4.78 is 22.8. The molecule has 0 rings (SSSR count). The molecule has 2 unspecified atom stereocenters. The van der Waals surface area contributed by atoms with Crippen molar-refractivity contribution in [2.45, 2.75) is 64.7 Å². The number of phosphoric acid groups is 1. The Balaban J connectivity index is 5.17. The predicted octanol–water partition coefficient (Wildman–Crippen LogP) is 2.38. The molecule has 4 N–H and O–H groups in total. The quantitative estimate of drug-likeness (QED) is 0.143. The average Bonchev–Trinajstić information content (AvgIpc) is 2.69. The zero-order chi connectivity index (χ0) is 24.8. The number of quaternary nitrogens is 1. The smallest absolute Gasteiger partial charge is 0.390 e. The van der Waals surface area contributed by atoms with Gasteiger partial charge in [-0.15, -0.1) is 0 Å². The molecule has 0 aliphatic rings. The fraction of sp³-hybridized carbons (Fsp3) is 0.773. The number of aliphatic hydroxyl groups is 2. The number of likely N-dealkylation sites (N-methyl/N-ethyl adjacent to an activating group) is 1. The van der Waals surface area contributed by atoms with Crippen LogP contribution in [0.1, 0.15) is 46.5 Å². The van der Waals surface area contributed by atoms with Gasteiger partial charge in [0.1, 0.15) is 19.3 Å². The van der Waals surface area contributed by atoms with E-state index in [2.05, 4.69) is 5.32 Å². The monoisotopic (exact) mass is 479 g/mol. The molecular formula is C22H44N2O7P+. The van der Waals surface area contributed by atoms with Crippen LogP contribution in [0, 0.1) is 5.92 Å². The van der Waals surface area contributed by atoms with E-state index < -0.39 is 38.6 Å². The Kier molecular flexibility index (Phi) is 15.2. The normalized spacial score (nSPS) is 18.4. The molecule has 0 bridgehead atoms. The third kappa shape index (κ3) is 14.9. The number of unbranched alkanes of at least 4 members (excludes halogenated alkanes) is 1. The highest BCUT2D eigenvalue weighted by molar-refractivity contribution is 7.47. The van der Waals surface area contributed by atoms with Crippen molar-refractivity contribution in [3.8, 4) is 0 Å². The lowest BCUT2D eigenvalue weighted by molar-refractivity contribution is -0.870. The molecule has 0 fully saturated rings. The molecule has 0 aliphatic heterocycles. The number of carbonyl (C=O) groups is 1. The summed E-state index contributed by atoms with van der Waals surface area (Å²) in [6.07, 6.45) is 7.40. The van der Waals surface area contributed by atoms with Gasteiger partial charge in [-0.1, -0.05) is 51.5 Å². The summed E-state index contributed by atoms with van der Waals surface area (Å²) in [4.78, 5) is 22.5. The predicted molar refractivity (Wildman–Crippen MR) is 126 cm³/mol. The minimum Gasteiger partial charge on any atom is -0.390 e. The first-order valence-electron chi connectivity index (χ1n) is 11.2. The number of aliphatic hydroxyl groups excluding tert-OH is 2. The Bertz CT molecular complexity index is 634. The van der Waals surface area contributed by atoms with Gasteiger partial charge in [0.05, 0.1) is 45.8 Å². The molecular weight excluding hydrogens is 435 g/mol. The highest BCUT2D eigenvalue weighted by Crippen LogP contribution is 2.43. The maximum Gasteiger partial charge on any atom is 0.472 e. The summed E-state index contributed by atoms with van der Waals surface area (Å²) in [7, 11) is 1.35. The molecule has 0 radical (unpaired) electrons. The van der Waals surface area contributed by atoms with Crippen LogP contribution in [0.25, 0.3) is 0 Å². The first-order chi connectivity index (χ1) is 14.8. The van der Waals surface area contributed by atoms with Gasteiger partial charge >= 0.3 is 7.82 Å². The van der Waals surface area contributed by atoms with Gasteiger partial charge in [-0.05, 0) is 19.3 Å². The topological polar surface area (TPSA) is 125 Å². The van der Waals surface area contributed by atoms with Crippen LogP contribution in [0.15, 0.2) is 24.3 Å². The van der Waals surface area contributed by atoms with Crippen LogP contribution >= 0.6 is 7.82 Å². The van der Waals surface area contributed by atoms with Gasteiger partial charge in [0.2, 0.25) is 5.91 Å². The van der Waals surface area contributed by atoms with Gasteiger partial charge in [0.15, 0.2) is 0 Å². The van der Waals surface area contributed by atoms with Crippen molar-refractivity contribution in [3.63, 3.8) is 0 Å². The van der Waals surface area contributed by atoms with Crippen molar-refractivity contribution in [1.82, 2.24) is 5.32 Å². The molecule has 0 aromatic heterocycles. The van der Waals surface area contributed by atoms with Crippen molar-refractivity contribution in [3.05, 3.63) is 24.3 Å². The van der Waals surface area contributed by atoms with Crippen LogP contribution in [0.4, 0.5) is 0 Å². The zero-order valence-corrected chi connectivity index (χ0v) is 21.3. The molecule has 0 aliphatic carbocycles. The van der Waals surface area contributed by atoms with Crippen molar-refractivity contribution < 1.29 is 38.0 Å². The third-order valence-electron chi connectivity index (χ3n) is 4.64. The van der Waals surface area contributed by atoms with Crippen molar-refractivity contribution in [2.24, 2.45) is 5.92 Å². The van der Waals surface area contributed by atoms with E-state index in [0.717, 1.165) is 19.3 Å². The van der Waals surface area contributed by atoms with Gasteiger partial charge in [-0.25, -0.2) is 4.57 Å². The fourth-order valence-electron chi connectivity index (χ4n) is 2.55. The van der Waals surface area contributed by atoms with E-state index in [1.807, 2.05) is 47.1 Å². The number of amides is 1. The average molecular weight is 480 g/mol. The minimum absolute atomic E-state index is 0.000548. The highest BCUT2D eigenvalue weighted by Gasteiger charge is 2.32. The molecule has 0 spiro atoms. The molecule has 0 saturated carbocycles. The van der Waals surface area contributed by atoms with E-state index >= 15 is 0 Å².